The maximum absolute atomic E-state index is 5.28. The molecule has 0 amide bonds. The fraction of sp³-hybridized carbons (Fsp3) is 0.400. The van der Waals surface area contributed by atoms with E-state index in [1.807, 2.05) is 19.9 Å². The lowest BCUT2D eigenvalue weighted by molar-refractivity contribution is 0.312. The van der Waals surface area contributed by atoms with Crippen molar-refractivity contribution in [3.05, 3.63) is 17.5 Å². The molecule has 102 valence electrons. The Labute approximate surface area is 109 Å². The van der Waals surface area contributed by atoms with E-state index in [0.717, 1.165) is 5.69 Å². The van der Waals surface area contributed by atoms with E-state index in [0.29, 0.717) is 24.9 Å². The summed E-state index contributed by atoms with van der Waals surface area (Å²) in [5, 5.41) is 6.76. The van der Waals surface area contributed by atoms with Crippen molar-refractivity contribution in [3.63, 3.8) is 0 Å². The van der Waals surface area contributed by atoms with Crippen molar-refractivity contribution in [2.75, 3.05) is 17.3 Å². The number of nitrogen functional groups attached to an aromatic ring is 1. The van der Waals surface area contributed by atoms with Crippen LogP contribution in [0.2, 0.25) is 0 Å². The van der Waals surface area contributed by atoms with E-state index in [9.17, 15) is 0 Å². The van der Waals surface area contributed by atoms with Crippen LogP contribution < -0.4 is 21.3 Å². The van der Waals surface area contributed by atoms with Gasteiger partial charge in [-0.15, -0.1) is 0 Å². The number of aryl methyl sites for hydroxylation is 1. The molecule has 19 heavy (non-hydrogen) atoms. The molecule has 0 aliphatic carbocycles. The fourth-order valence-corrected chi connectivity index (χ4v) is 1.36. The zero-order valence-corrected chi connectivity index (χ0v) is 10.7. The van der Waals surface area contributed by atoms with Gasteiger partial charge in [0.1, 0.15) is 0 Å². The van der Waals surface area contributed by atoms with Crippen molar-refractivity contribution in [1.29, 1.82) is 0 Å². The van der Waals surface area contributed by atoms with Gasteiger partial charge in [0.25, 0.3) is 0 Å². The van der Waals surface area contributed by atoms with E-state index in [4.69, 9.17) is 15.1 Å². The first-order valence-electron chi connectivity index (χ1n) is 5.72. The molecule has 0 unspecified atom stereocenters. The Kier molecular flexibility index (Phi) is 4.08. The van der Waals surface area contributed by atoms with E-state index < -0.39 is 0 Å². The molecule has 0 radical (unpaired) electrons. The molecule has 2 heterocycles. The third kappa shape index (κ3) is 3.52. The minimum Gasteiger partial charge on any atom is -0.464 e. The summed E-state index contributed by atoms with van der Waals surface area (Å²) < 4.78 is 10.3. The topological polar surface area (TPSA) is 124 Å². The Morgan fingerprint density at radius 2 is 2.11 bits per heavy atom. The Morgan fingerprint density at radius 3 is 2.74 bits per heavy atom. The van der Waals surface area contributed by atoms with Crippen molar-refractivity contribution in [2.45, 2.75) is 20.4 Å². The first kappa shape index (κ1) is 13.0. The summed E-state index contributed by atoms with van der Waals surface area (Å²) in [6.45, 7) is 4.54. The predicted octanol–water partition coefficient (Wildman–Crippen LogP) is 0.464. The molecule has 0 fully saturated rings. The van der Waals surface area contributed by atoms with Gasteiger partial charge >= 0.3 is 6.01 Å². The molecule has 2 aromatic rings. The molecule has 2 aromatic heterocycles. The van der Waals surface area contributed by atoms with Gasteiger partial charge in [-0.1, -0.05) is 5.16 Å². The first-order valence-corrected chi connectivity index (χ1v) is 5.72. The van der Waals surface area contributed by atoms with Crippen LogP contribution in [0.4, 0.5) is 11.9 Å². The minimum atomic E-state index is 0.196. The van der Waals surface area contributed by atoms with Crippen LogP contribution in [0.5, 0.6) is 6.01 Å². The highest BCUT2D eigenvalue weighted by Crippen LogP contribution is 2.11. The normalized spacial score (nSPS) is 10.3. The third-order valence-electron chi connectivity index (χ3n) is 2.11. The number of aromatic nitrogens is 4. The number of nitrogens with zero attached hydrogens (tertiary/aromatic N) is 4. The van der Waals surface area contributed by atoms with Crippen molar-refractivity contribution in [3.8, 4) is 6.01 Å². The monoisotopic (exact) mass is 265 g/mol. The fourth-order valence-electron chi connectivity index (χ4n) is 1.36. The Morgan fingerprint density at radius 1 is 1.32 bits per heavy atom. The van der Waals surface area contributed by atoms with Gasteiger partial charge in [-0.05, 0) is 13.8 Å². The van der Waals surface area contributed by atoms with Crippen LogP contribution >= 0.6 is 0 Å². The number of rotatable bonds is 6. The molecule has 0 aromatic carbocycles. The molecule has 0 saturated heterocycles. The average molecular weight is 265 g/mol. The highest BCUT2D eigenvalue weighted by atomic mass is 16.5. The van der Waals surface area contributed by atoms with E-state index in [2.05, 4.69) is 30.9 Å². The standard InChI is InChI=1S/C10H15N7O2/c1-3-18-10-14-8(13-9(15-10)16-11)12-5-7-4-6(2)17-19-7/h4H,3,5,11H2,1-2H3,(H2,12,13,14,15,16). The largest absolute Gasteiger partial charge is 0.464 e. The van der Waals surface area contributed by atoms with Gasteiger partial charge in [0, 0.05) is 6.07 Å². The van der Waals surface area contributed by atoms with E-state index in [1.165, 1.54) is 0 Å². The molecule has 0 saturated carbocycles. The molecule has 9 heteroatoms. The van der Waals surface area contributed by atoms with Gasteiger partial charge in [0.2, 0.25) is 11.9 Å². The summed E-state index contributed by atoms with van der Waals surface area (Å²) in [6, 6.07) is 2.02. The third-order valence-corrected chi connectivity index (χ3v) is 2.11. The van der Waals surface area contributed by atoms with Crippen LogP contribution in [0.15, 0.2) is 10.6 Å². The highest BCUT2D eigenvalue weighted by molar-refractivity contribution is 5.35. The van der Waals surface area contributed by atoms with Crippen LogP contribution in [0.3, 0.4) is 0 Å². The number of hydrogen-bond acceptors (Lipinski definition) is 9. The van der Waals surface area contributed by atoms with E-state index in [-0.39, 0.29) is 12.0 Å². The van der Waals surface area contributed by atoms with Crippen molar-refractivity contribution in [1.82, 2.24) is 20.1 Å². The van der Waals surface area contributed by atoms with Gasteiger partial charge < -0.3 is 14.6 Å². The lowest BCUT2D eigenvalue weighted by Crippen LogP contribution is -2.14. The van der Waals surface area contributed by atoms with Gasteiger partial charge in [-0.25, -0.2) is 5.84 Å². The van der Waals surface area contributed by atoms with E-state index in [1.54, 1.807) is 0 Å². The lowest BCUT2D eigenvalue weighted by atomic mass is 10.4. The molecule has 0 atom stereocenters. The van der Waals surface area contributed by atoms with Crippen LogP contribution in [0.1, 0.15) is 18.4 Å². The quantitative estimate of drug-likeness (QED) is 0.504. The van der Waals surface area contributed by atoms with Crippen LogP contribution in [0, 0.1) is 6.92 Å². The summed E-state index contributed by atoms with van der Waals surface area (Å²) in [7, 11) is 0. The lowest BCUT2D eigenvalue weighted by Gasteiger charge is -2.07. The summed E-state index contributed by atoms with van der Waals surface area (Å²) in [5.41, 5.74) is 3.16. The average Bonchev–Trinajstić information content (AvgIpc) is 2.82. The number of nitrogens with one attached hydrogen (secondary N) is 2. The summed E-state index contributed by atoms with van der Waals surface area (Å²) in [5.74, 6) is 6.51. The predicted molar refractivity (Wildman–Crippen MR) is 67.4 cm³/mol. The molecule has 0 bridgehead atoms. The summed E-state index contributed by atoms with van der Waals surface area (Å²) in [6.07, 6.45) is 0. The Bertz CT molecular complexity index is 542. The zero-order chi connectivity index (χ0) is 13.7. The van der Waals surface area contributed by atoms with Gasteiger partial charge in [-0.2, -0.15) is 15.0 Å². The number of hydrazine groups is 1. The molecular weight excluding hydrogens is 250 g/mol. The molecule has 4 N–H and O–H groups in total. The summed E-state index contributed by atoms with van der Waals surface area (Å²) in [4.78, 5) is 12.1. The second-order valence-electron chi connectivity index (χ2n) is 3.63. The summed E-state index contributed by atoms with van der Waals surface area (Å²) >= 11 is 0. The minimum absolute atomic E-state index is 0.196. The molecular formula is C10H15N7O2. The number of anilines is 2. The van der Waals surface area contributed by atoms with Gasteiger partial charge in [0.05, 0.1) is 18.8 Å². The van der Waals surface area contributed by atoms with Gasteiger partial charge in [0.15, 0.2) is 5.76 Å². The number of hydrogen-bond donors (Lipinski definition) is 3. The molecule has 9 nitrogen and oxygen atoms in total. The van der Waals surface area contributed by atoms with Crippen LogP contribution in [0.25, 0.3) is 0 Å². The molecule has 0 aliphatic rings. The zero-order valence-electron chi connectivity index (χ0n) is 10.7. The van der Waals surface area contributed by atoms with Crippen molar-refractivity contribution in [2.24, 2.45) is 5.84 Å². The smallest absolute Gasteiger partial charge is 0.323 e. The second-order valence-corrected chi connectivity index (χ2v) is 3.63. The van der Waals surface area contributed by atoms with Crippen molar-refractivity contribution >= 4 is 11.9 Å². The number of nitrogens with two attached hydrogens (primary N) is 1. The van der Waals surface area contributed by atoms with Crippen LogP contribution in [-0.2, 0) is 6.54 Å². The highest BCUT2D eigenvalue weighted by Gasteiger charge is 2.07. The van der Waals surface area contributed by atoms with E-state index >= 15 is 0 Å². The van der Waals surface area contributed by atoms with Crippen LogP contribution in [-0.4, -0.2) is 26.7 Å². The molecule has 2 rings (SSSR count). The molecule has 0 spiro atoms. The Balaban J connectivity index is 2.08. The SMILES string of the molecule is CCOc1nc(NN)nc(NCc2cc(C)no2)n1. The van der Waals surface area contributed by atoms with Crippen molar-refractivity contribution < 1.29 is 9.26 Å². The maximum Gasteiger partial charge on any atom is 0.323 e. The Hall–Kier alpha value is -2.42. The maximum atomic E-state index is 5.28. The second kappa shape index (κ2) is 5.96. The molecule has 0 aliphatic heterocycles. The number of ether oxygens (including phenoxy) is 1. The first-order chi connectivity index (χ1) is 9.21. The van der Waals surface area contributed by atoms with Gasteiger partial charge in [-0.3, -0.25) is 5.43 Å².